The Morgan fingerprint density at radius 1 is 0.974 bits per heavy atom. The van der Waals surface area contributed by atoms with Crippen LogP contribution in [0.3, 0.4) is 0 Å². The minimum Gasteiger partial charge on any atom is -0.347 e. The number of nitrogens with two attached hydrogens (primary N) is 1. The molecule has 0 saturated heterocycles. The Bertz CT molecular complexity index is 1520. The summed E-state index contributed by atoms with van der Waals surface area (Å²) in [7, 11) is 3.14. The molecule has 3 N–H and O–H groups in total. The number of nitrogens with zero attached hydrogens (tertiary/aromatic N) is 4. The first-order chi connectivity index (χ1) is 18.7. The maximum atomic E-state index is 13.5. The number of ketones is 1. The Morgan fingerprint density at radius 3 is 2.36 bits per heavy atom. The number of hydrogen-bond donors (Lipinski definition) is 2. The van der Waals surface area contributed by atoms with E-state index in [1.807, 2.05) is 30.3 Å². The lowest BCUT2D eigenvalue weighted by Crippen LogP contribution is -2.42. The lowest BCUT2D eigenvalue weighted by Gasteiger charge is -2.14. The van der Waals surface area contributed by atoms with Crippen molar-refractivity contribution in [3.05, 3.63) is 111 Å². The Balaban J connectivity index is 1.69. The first kappa shape index (κ1) is 28.0. The zero-order chi connectivity index (χ0) is 28.1. The third-order valence-corrected chi connectivity index (χ3v) is 6.44. The van der Waals surface area contributed by atoms with Crippen LogP contribution in [0.4, 0.5) is 0 Å². The second kappa shape index (κ2) is 12.2. The second-order valence-corrected chi connectivity index (χ2v) is 9.79. The highest BCUT2D eigenvalue weighted by molar-refractivity contribution is 6.35. The molecule has 0 bridgehead atoms. The maximum Gasteiger partial charge on any atom is 0.293 e. The van der Waals surface area contributed by atoms with Crippen LogP contribution in [0, 0.1) is 0 Å². The predicted molar refractivity (Wildman–Crippen MR) is 149 cm³/mol. The Morgan fingerprint density at radius 2 is 1.67 bits per heavy atom. The summed E-state index contributed by atoms with van der Waals surface area (Å²) >= 11 is 12.5. The number of benzene rings is 3. The highest BCUT2D eigenvalue weighted by atomic mass is 35.5. The molecule has 1 atom stereocenters. The van der Waals surface area contributed by atoms with Crippen molar-refractivity contribution in [3.63, 3.8) is 0 Å². The summed E-state index contributed by atoms with van der Waals surface area (Å²) in [6.45, 7) is -0.0998. The topological polar surface area (TPSA) is 123 Å². The van der Waals surface area contributed by atoms with Gasteiger partial charge in [-0.3, -0.25) is 14.4 Å². The van der Waals surface area contributed by atoms with E-state index in [0.29, 0.717) is 17.1 Å². The summed E-state index contributed by atoms with van der Waals surface area (Å²) in [5.74, 6) is -1.14. The zero-order valence-electron chi connectivity index (χ0n) is 21.3. The summed E-state index contributed by atoms with van der Waals surface area (Å²) in [6.07, 6.45) is 0.345. The third kappa shape index (κ3) is 6.51. The predicted octanol–water partition coefficient (Wildman–Crippen LogP) is 3.69. The van der Waals surface area contributed by atoms with Gasteiger partial charge in [0, 0.05) is 30.2 Å². The van der Waals surface area contributed by atoms with Crippen LogP contribution in [0.2, 0.25) is 10.0 Å². The molecule has 0 radical (unpaired) electrons. The van der Waals surface area contributed by atoms with Gasteiger partial charge < -0.3 is 16.0 Å². The summed E-state index contributed by atoms with van der Waals surface area (Å²) < 4.78 is 1.35. The van der Waals surface area contributed by atoms with Gasteiger partial charge in [-0.05, 0) is 42.3 Å². The van der Waals surface area contributed by atoms with Gasteiger partial charge in [-0.25, -0.2) is 9.67 Å². The third-order valence-electron chi connectivity index (χ3n) is 5.88. The molecule has 39 heavy (non-hydrogen) atoms. The number of nitrogens with one attached hydrogen (secondary N) is 1. The van der Waals surface area contributed by atoms with Gasteiger partial charge in [0.05, 0.1) is 23.3 Å². The highest BCUT2D eigenvalue weighted by Gasteiger charge is 2.24. The fraction of sp³-hybridized carbons (Fsp3) is 0.179. The molecule has 11 heteroatoms. The first-order valence-electron chi connectivity index (χ1n) is 12.0. The molecule has 0 aliphatic heterocycles. The van der Waals surface area contributed by atoms with E-state index < -0.39 is 23.6 Å². The summed E-state index contributed by atoms with van der Waals surface area (Å²) in [5, 5.41) is 7.75. The van der Waals surface area contributed by atoms with E-state index in [-0.39, 0.29) is 34.3 Å². The van der Waals surface area contributed by atoms with Crippen molar-refractivity contribution in [2.24, 2.45) is 5.73 Å². The smallest absolute Gasteiger partial charge is 0.293 e. The van der Waals surface area contributed by atoms with Crippen molar-refractivity contribution >= 4 is 40.8 Å². The second-order valence-electron chi connectivity index (χ2n) is 8.95. The van der Waals surface area contributed by atoms with Crippen LogP contribution in [0.1, 0.15) is 37.9 Å². The number of carbonyl (C=O) groups is 3. The zero-order valence-corrected chi connectivity index (χ0v) is 22.8. The van der Waals surface area contributed by atoms with Crippen LogP contribution in [-0.2, 0) is 17.8 Å². The monoisotopic (exact) mass is 564 g/mol. The van der Waals surface area contributed by atoms with Crippen LogP contribution < -0.4 is 11.1 Å². The van der Waals surface area contributed by atoms with E-state index in [1.165, 1.54) is 15.6 Å². The lowest BCUT2D eigenvalue weighted by atomic mass is 10.0. The Kier molecular flexibility index (Phi) is 8.75. The normalized spacial score (nSPS) is 11.6. The van der Waals surface area contributed by atoms with Gasteiger partial charge in [-0.1, -0.05) is 65.7 Å². The van der Waals surface area contributed by atoms with E-state index in [1.54, 1.807) is 50.5 Å². The number of halogens is 2. The van der Waals surface area contributed by atoms with Gasteiger partial charge in [-0.2, -0.15) is 0 Å². The van der Waals surface area contributed by atoms with E-state index in [2.05, 4.69) is 15.4 Å². The number of carbonyl (C=O) groups excluding carboxylic acids is 3. The van der Waals surface area contributed by atoms with Crippen LogP contribution in [-0.4, -0.2) is 57.4 Å². The van der Waals surface area contributed by atoms with Gasteiger partial charge in [0.1, 0.15) is 0 Å². The van der Waals surface area contributed by atoms with Gasteiger partial charge >= 0.3 is 0 Å². The number of amides is 2. The number of aromatic nitrogens is 3. The van der Waals surface area contributed by atoms with E-state index >= 15 is 0 Å². The molecule has 0 unspecified atom stereocenters. The van der Waals surface area contributed by atoms with Crippen LogP contribution in [0.5, 0.6) is 0 Å². The highest BCUT2D eigenvalue weighted by Crippen LogP contribution is 2.26. The molecular formula is C28H26Cl2N6O3. The molecule has 0 saturated carbocycles. The fourth-order valence-corrected chi connectivity index (χ4v) is 4.26. The lowest BCUT2D eigenvalue weighted by molar-refractivity contribution is -0.122. The quantitative estimate of drug-likeness (QED) is 0.299. The average Bonchev–Trinajstić information content (AvgIpc) is 3.35. The van der Waals surface area contributed by atoms with Crippen LogP contribution in [0.25, 0.3) is 5.69 Å². The summed E-state index contributed by atoms with van der Waals surface area (Å²) in [6, 6.07) is 19.9. The first-order valence-corrected chi connectivity index (χ1v) is 12.7. The molecule has 4 rings (SSSR count). The molecule has 3 aromatic carbocycles. The summed E-state index contributed by atoms with van der Waals surface area (Å²) in [4.78, 5) is 44.7. The fourth-order valence-electron chi connectivity index (χ4n) is 3.87. The van der Waals surface area contributed by atoms with Crippen molar-refractivity contribution in [3.8, 4) is 5.69 Å². The Labute approximate surface area is 235 Å². The molecule has 9 nitrogen and oxygen atoms in total. The van der Waals surface area contributed by atoms with Crippen LogP contribution >= 0.6 is 23.2 Å². The molecule has 0 aliphatic carbocycles. The minimum atomic E-state index is -0.806. The van der Waals surface area contributed by atoms with Gasteiger partial charge in [0.15, 0.2) is 11.6 Å². The molecule has 1 aromatic heterocycles. The maximum absolute atomic E-state index is 13.5. The van der Waals surface area contributed by atoms with Crippen molar-refractivity contribution in [1.29, 1.82) is 0 Å². The molecule has 4 aromatic rings. The van der Waals surface area contributed by atoms with E-state index in [4.69, 9.17) is 28.9 Å². The molecule has 0 aliphatic rings. The van der Waals surface area contributed by atoms with Crippen molar-refractivity contribution < 1.29 is 14.4 Å². The molecule has 2 amide bonds. The van der Waals surface area contributed by atoms with Crippen LogP contribution in [0.15, 0.2) is 72.8 Å². The molecule has 1 heterocycles. The number of rotatable bonds is 9. The molecule has 0 fully saturated rings. The number of hydrogen-bond acceptors (Lipinski definition) is 6. The largest absolute Gasteiger partial charge is 0.347 e. The van der Waals surface area contributed by atoms with Gasteiger partial charge in [0.25, 0.3) is 5.91 Å². The summed E-state index contributed by atoms with van der Waals surface area (Å²) in [5.41, 5.74) is 7.83. The molecule has 200 valence electrons. The van der Waals surface area contributed by atoms with Gasteiger partial charge in [0.2, 0.25) is 11.7 Å². The van der Waals surface area contributed by atoms with E-state index in [9.17, 15) is 14.4 Å². The van der Waals surface area contributed by atoms with Crippen molar-refractivity contribution in [1.82, 2.24) is 25.0 Å². The molecule has 0 spiro atoms. The van der Waals surface area contributed by atoms with Crippen molar-refractivity contribution in [2.45, 2.75) is 19.0 Å². The SMILES string of the molecule is CN(C)C(=O)c1nc(CNC(=O)[C@@H](N)Cc2ccccc2)n(-c2ccc(Cl)cc2C(=O)c2ccccc2Cl)n1. The van der Waals surface area contributed by atoms with Crippen molar-refractivity contribution in [2.75, 3.05) is 14.1 Å². The Hall–Kier alpha value is -4.05. The van der Waals surface area contributed by atoms with Gasteiger partial charge in [-0.15, -0.1) is 5.10 Å². The standard InChI is InChI=1S/C28H26Cl2N6O3/c1-35(2)28(39)26-33-24(16-32-27(38)22(31)14-17-8-4-3-5-9-17)36(34-26)23-13-12-18(29)15-20(23)25(37)19-10-6-7-11-21(19)30/h3-13,15,22H,14,16,31H2,1-2H3,(H,32,38)/t22-/m0/s1. The van der Waals surface area contributed by atoms with E-state index in [0.717, 1.165) is 5.56 Å². The minimum absolute atomic E-state index is 0.0998. The average molecular weight is 565 g/mol. The molecular weight excluding hydrogens is 539 g/mol.